The highest BCUT2D eigenvalue weighted by Crippen LogP contribution is 2.20. The van der Waals surface area contributed by atoms with Crippen LogP contribution in [0.5, 0.6) is 0 Å². The van der Waals surface area contributed by atoms with Crippen LogP contribution in [0.3, 0.4) is 0 Å². The van der Waals surface area contributed by atoms with Gasteiger partial charge in [0, 0.05) is 11.6 Å². The molecule has 0 amide bonds. The molecule has 0 bridgehead atoms. The smallest absolute Gasteiger partial charge is 0.241 e. The maximum absolute atomic E-state index is 12.1. The number of aromatic nitrogens is 1. The Balaban J connectivity index is 2.15. The van der Waals surface area contributed by atoms with Gasteiger partial charge >= 0.3 is 0 Å². The Bertz CT molecular complexity index is 712. The third kappa shape index (κ3) is 3.37. The molecule has 0 aliphatic carbocycles. The van der Waals surface area contributed by atoms with E-state index in [4.69, 9.17) is 21.8 Å². The normalized spacial score (nSPS) is 11.8. The number of oxazole rings is 1. The fraction of sp³-hybridized carbons (Fsp3) is 0.250. The van der Waals surface area contributed by atoms with Gasteiger partial charge in [-0.25, -0.2) is 18.1 Å². The molecule has 0 atom stereocenters. The monoisotopic (exact) mass is 315 g/mol. The SMILES string of the molecule is Cc1cnc(CNS(=O)(=O)c2ccc(CN)c(Cl)c2)o1. The van der Waals surface area contributed by atoms with Crippen molar-refractivity contribution in [3.05, 3.63) is 46.6 Å². The minimum atomic E-state index is -3.67. The number of aryl methyl sites for hydroxylation is 1. The highest BCUT2D eigenvalue weighted by molar-refractivity contribution is 7.89. The van der Waals surface area contributed by atoms with E-state index in [1.165, 1.54) is 18.3 Å². The molecule has 0 unspecified atom stereocenters. The van der Waals surface area contributed by atoms with Gasteiger partial charge in [0.05, 0.1) is 17.6 Å². The second-order valence-corrected chi connectivity index (χ2v) is 6.32. The Morgan fingerprint density at radius 3 is 2.75 bits per heavy atom. The van der Waals surface area contributed by atoms with Crippen LogP contribution in [-0.4, -0.2) is 13.4 Å². The predicted molar refractivity (Wildman–Crippen MR) is 74.6 cm³/mol. The quantitative estimate of drug-likeness (QED) is 0.872. The average molecular weight is 316 g/mol. The average Bonchev–Trinajstić information content (AvgIpc) is 2.82. The molecule has 0 aliphatic heterocycles. The summed E-state index contributed by atoms with van der Waals surface area (Å²) >= 11 is 5.95. The summed E-state index contributed by atoms with van der Waals surface area (Å²) in [7, 11) is -3.67. The van der Waals surface area contributed by atoms with Crippen molar-refractivity contribution in [1.82, 2.24) is 9.71 Å². The Morgan fingerprint density at radius 2 is 2.20 bits per heavy atom. The van der Waals surface area contributed by atoms with Gasteiger partial charge in [-0.1, -0.05) is 17.7 Å². The van der Waals surface area contributed by atoms with Crippen molar-refractivity contribution in [2.45, 2.75) is 24.9 Å². The number of nitrogens with zero attached hydrogens (tertiary/aromatic N) is 1. The lowest BCUT2D eigenvalue weighted by molar-refractivity contribution is 0.463. The molecule has 0 spiro atoms. The standard InChI is InChI=1S/C12H14ClN3O3S/c1-8-6-15-12(19-8)7-16-20(17,18)10-3-2-9(5-14)11(13)4-10/h2-4,6,16H,5,7,14H2,1H3. The summed E-state index contributed by atoms with van der Waals surface area (Å²) in [5.41, 5.74) is 6.17. The second kappa shape index (κ2) is 5.92. The van der Waals surface area contributed by atoms with Crippen LogP contribution in [-0.2, 0) is 23.1 Å². The molecule has 6 nitrogen and oxygen atoms in total. The fourth-order valence-electron chi connectivity index (χ4n) is 1.58. The summed E-state index contributed by atoms with van der Waals surface area (Å²) < 4.78 is 31.8. The van der Waals surface area contributed by atoms with Crippen LogP contribution in [0.4, 0.5) is 0 Å². The van der Waals surface area contributed by atoms with Crippen LogP contribution in [0.1, 0.15) is 17.2 Å². The number of halogens is 1. The van der Waals surface area contributed by atoms with E-state index < -0.39 is 10.0 Å². The minimum absolute atomic E-state index is 0.0214. The Kier molecular flexibility index (Phi) is 4.44. The predicted octanol–water partition coefficient (Wildman–Crippen LogP) is 1.57. The van der Waals surface area contributed by atoms with Crippen LogP contribution in [0.2, 0.25) is 5.02 Å². The second-order valence-electron chi connectivity index (χ2n) is 4.15. The molecular formula is C12H14ClN3O3S. The number of benzene rings is 1. The molecule has 1 aromatic carbocycles. The van der Waals surface area contributed by atoms with E-state index in [9.17, 15) is 8.42 Å². The van der Waals surface area contributed by atoms with Crippen LogP contribution >= 0.6 is 11.6 Å². The van der Waals surface area contributed by atoms with E-state index in [2.05, 4.69) is 9.71 Å². The van der Waals surface area contributed by atoms with Crippen molar-refractivity contribution >= 4 is 21.6 Å². The van der Waals surface area contributed by atoms with E-state index in [0.29, 0.717) is 22.2 Å². The first-order chi connectivity index (χ1) is 9.42. The molecule has 2 rings (SSSR count). The van der Waals surface area contributed by atoms with Gasteiger partial charge in [0.1, 0.15) is 5.76 Å². The first kappa shape index (κ1) is 15.0. The van der Waals surface area contributed by atoms with Crippen molar-refractivity contribution in [2.24, 2.45) is 5.73 Å². The molecular weight excluding hydrogens is 302 g/mol. The lowest BCUT2D eigenvalue weighted by atomic mass is 10.2. The van der Waals surface area contributed by atoms with Gasteiger partial charge in [-0.2, -0.15) is 0 Å². The summed E-state index contributed by atoms with van der Waals surface area (Å²) in [6.07, 6.45) is 1.52. The molecule has 1 aromatic heterocycles. The Morgan fingerprint density at radius 1 is 1.45 bits per heavy atom. The first-order valence-corrected chi connectivity index (χ1v) is 7.68. The van der Waals surface area contributed by atoms with E-state index in [1.807, 2.05) is 0 Å². The van der Waals surface area contributed by atoms with Crippen LogP contribution in [0, 0.1) is 6.92 Å². The summed E-state index contributed by atoms with van der Waals surface area (Å²) in [5.74, 6) is 0.922. The molecule has 0 saturated carbocycles. The summed E-state index contributed by atoms with van der Waals surface area (Å²) in [6.45, 7) is 1.96. The van der Waals surface area contributed by atoms with Crippen LogP contribution in [0.15, 0.2) is 33.7 Å². The topological polar surface area (TPSA) is 98.2 Å². The highest BCUT2D eigenvalue weighted by Gasteiger charge is 2.16. The third-order valence-corrected chi connectivity index (χ3v) is 4.39. The first-order valence-electron chi connectivity index (χ1n) is 5.82. The van der Waals surface area contributed by atoms with Crippen molar-refractivity contribution in [1.29, 1.82) is 0 Å². The molecule has 20 heavy (non-hydrogen) atoms. The third-order valence-electron chi connectivity index (χ3n) is 2.64. The zero-order valence-corrected chi connectivity index (χ0v) is 12.3. The molecule has 0 fully saturated rings. The zero-order chi connectivity index (χ0) is 14.8. The summed E-state index contributed by atoms with van der Waals surface area (Å²) in [5, 5.41) is 0.322. The van der Waals surface area contributed by atoms with Crippen molar-refractivity contribution in [3.63, 3.8) is 0 Å². The maximum Gasteiger partial charge on any atom is 0.241 e. The van der Waals surface area contributed by atoms with E-state index in [1.54, 1.807) is 13.0 Å². The van der Waals surface area contributed by atoms with Crippen molar-refractivity contribution in [3.8, 4) is 0 Å². The number of nitrogens with two attached hydrogens (primary N) is 1. The number of hydrogen-bond acceptors (Lipinski definition) is 5. The minimum Gasteiger partial charge on any atom is -0.445 e. The summed E-state index contributed by atoms with van der Waals surface area (Å²) in [4.78, 5) is 3.99. The summed E-state index contributed by atoms with van der Waals surface area (Å²) in [6, 6.07) is 4.41. The van der Waals surface area contributed by atoms with E-state index in [0.717, 1.165) is 0 Å². The molecule has 108 valence electrons. The number of sulfonamides is 1. The molecule has 8 heteroatoms. The lowest BCUT2D eigenvalue weighted by Gasteiger charge is -2.07. The molecule has 1 heterocycles. The van der Waals surface area contributed by atoms with Crippen LogP contribution in [0.25, 0.3) is 0 Å². The number of rotatable bonds is 5. The van der Waals surface area contributed by atoms with E-state index >= 15 is 0 Å². The van der Waals surface area contributed by atoms with Crippen molar-refractivity contribution in [2.75, 3.05) is 0 Å². The van der Waals surface area contributed by atoms with Crippen LogP contribution < -0.4 is 10.5 Å². The highest BCUT2D eigenvalue weighted by atomic mass is 35.5. The molecule has 0 radical (unpaired) electrons. The number of nitrogens with one attached hydrogen (secondary N) is 1. The molecule has 0 aliphatic rings. The van der Waals surface area contributed by atoms with Crippen molar-refractivity contribution < 1.29 is 12.8 Å². The lowest BCUT2D eigenvalue weighted by Crippen LogP contribution is -2.23. The Hall–Kier alpha value is -1.41. The number of hydrogen-bond donors (Lipinski definition) is 2. The van der Waals surface area contributed by atoms with Gasteiger partial charge in [-0.15, -0.1) is 0 Å². The van der Waals surface area contributed by atoms with Gasteiger partial charge in [-0.3, -0.25) is 0 Å². The van der Waals surface area contributed by atoms with Gasteiger partial charge in [0.15, 0.2) is 0 Å². The molecule has 0 saturated heterocycles. The van der Waals surface area contributed by atoms with Gasteiger partial charge < -0.3 is 10.2 Å². The van der Waals surface area contributed by atoms with Gasteiger partial charge in [0.2, 0.25) is 15.9 Å². The zero-order valence-electron chi connectivity index (χ0n) is 10.8. The fourth-order valence-corrected chi connectivity index (χ4v) is 2.91. The van der Waals surface area contributed by atoms with E-state index in [-0.39, 0.29) is 18.0 Å². The Labute approximate surface area is 122 Å². The molecule has 2 aromatic rings. The maximum atomic E-state index is 12.1. The van der Waals surface area contributed by atoms with Gasteiger partial charge in [-0.05, 0) is 24.6 Å². The van der Waals surface area contributed by atoms with Gasteiger partial charge in [0.25, 0.3) is 0 Å². The largest absolute Gasteiger partial charge is 0.445 e. The molecule has 3 N–H and O–H groups in total.